The summed E-state index contributed by atoms with van der Waals surface area (Å²) < 4.78 is 18.6. The highest BCUT2D eigenvalue weighted by Crippen LogP contribution is 2.41. The van der Waals surface area contributed by atoms with Gasteiger partial charge < -0.3 is 24.8 Å². The predicted molar refractivity (Wildman–Crippen MR) is 153 cm³/mol. The Morgan fingerprint density at radius 2 is 1.64 bits per heavy atom. The van der Waals surface area contributed by atoms with E-state index in [1.54, 1.807) is 27.7 Å². The Hall–Kier alpha value is -4.05. The maximum Gasteiger partial charge on any atom is 0.210 e. The molecule has 10 heteroatoms. The molecule has 0 atom stereocenters. The topological polar surface area (TPSA) is 98.6 Å². The fourth-order valence-corrected chi connectivity index (χ4v) is 5.14. The Bertz CT molecular complexity index is 1370. The van der Waals surface area contributed by atoms with Crippen molar-refractivity contribution in [1.82, 2.24) is 24.4 Å². The second-order valence-corrected chi connectivity index (χ2v) is 10.0. The van der Waals surface area contributed by atoms with Gasteiger partial charge in [-0.25, -0.2) is 15.0 Å². The first-order chi connectivity index (χ1) is 19.0. The molecule has 1 aliphatic heterocycles. The quantitative estimate of drug-likeness (QED) is 0.284. The van der Waals surface area contributed by atoms with Crippen LogP contribution in [0, 0.1) is 0 Å². The van der Waals surface area contributed by atoms with Gasteiger partial charge in [-0.2, -0.15) is 0 Å². The van der Waals surface area contributed by atoms with Crippen LogP contribution in [0.2, 0.25) is 0 Å². The molecule has 0 saturated carbocycles. The minimum absolute atomic E-state index is 0.114. The van der Waals surface area contributed by atoms with Crippen molar-refractivity contribution < 1.29 is 14.2 Å². The number of methoxy groups -OCH3 is 3. The number of ether oxygens (including phenoxy) is 3. The first kappa shape index (κ1) is 26.6. The zero-order chi connectivity index (χ0) is 27.4. The van der Waals surface area contributed by atoms with Crippen LogP contribution < -0.4 is 24.8 Å². The van der Waals surface area contributed by atoms with Crippen LogP contribution in [0.1, 0.15) is 38.3 Å². The van der Waals surface area contributed by atoms with E-state index in [-0.39, 0.29) is 6.04 Å². The number of nitrogens with one attached hydrogen (secondary N) is 2. The molecule has 206 valence electrons. The van der Waals surface area contributed by atoms with Gasteiger partial charge in [-0.1, -0.05) is 30.3 Å². The average molecular weight is 532 g/mol. The number of fused-ring (bicyclic) bond motifs is 1. The highest BCUT2D eigenvalue weighted by Gasteiger charge is 2.23. The summed E-state index contributed by atoms with van der Waals surface area (Å²) in [6.07, 6.45) is 3.69. The van der Waals surface area contributed by atoms with Crippen LogP contribution in [0.3, 0.4) is 0 Å². The fourth-order valence-electron chi connectivity index (χ4n) is 5.14. The molecule has 10 nitrogen and oxygen atoms in total. The molecule has 0 aliphatic carbocycles. The Labute approximate surface area is 229 Å². The van der Waals surface area contributed by atoms with Gasteiger partial charge in [-0.15, -0.1) is 0 Å². The molecule has 2 N–H and O–H groups in total. The minimum atomic E-state index is 0.114. The van der Waals surface area contributed by atoms with E-state index in [9.17, 15) is 0 Å². The smallest absolute Gasteiger partial charge is 0.210 e. The van der Waals surface area contributed by atoms with Crippen LogP contribution in [-0.4, -0.2) is 64.9 Å². The lowest BCUT2D eigenvalue weighted by atomic mass is 10.0. The molecule has 1 fully saturated rings. The molecule has 1 aliphatic rings. The van der Waals surface area contributed by atoms with Crippen LogP contribution in [-0.2, 0) is 6.54 Å². The third-order valence-electron chi connectivity index (χ3n) is 7.09. The normalized spacial score (nSPS) is 14.5. The molecule has 3 heterocycles. The number of benzene rings is 2. The Balaban J connectivity index is 1.37. The SMILES string of the molecule is COc1cc(Nc2nc3c(NC4CCN(Cc5ccccc5)CC4)ncnc3n2C(C)C)cc(OC)c1OC. The average Bonchev–Trinajstić information content (AvgIpc) is 3.33. The number of piperidine rings is 1. The van der Waals surface area contributed by atoms with Crippen LogP contribution in [0.4, 0.5) is 17.5 Å². The van der Waals surface area contributed by atoms with Gasteiger partial charge in [0.1, 0.15) is 6.33 Å². The van der Waals surface area contributed by atoms with Gasteiger partial charge in [0.15, 0.2) is 28.5 Å². The molecular formula is C29H37N7O3. The maximum atomic E-state index is 5.53. The van der Waals surface area contributed by atoms with Crippen molar-refractivity contribution in [3.63, 3.8) is 0 Å². The number of likely N-dealkylation sites (tertiary alicyclic amines) is 1. The van der Waals surface area contributed by atoms with Gasteiger partial charge >= 0.3 is 0 Å². The first-order valence-corrected chi connectivity index (χ1v) is 13.3. The number of aromatic nitrogens is 4. The lowest BCUT2D eigenvalue weighted by molar-refractivity contribution is 0.211. The lowest BCUT2D eigenvalue weighted by Gasteiger charge is -2.32. The van der Waals surface area contributed by atoms with E-state index in [0.29, 0.717) is 29.2 Å². The molecule has 5 rings (SSSR count). The van der Waals surface area contributed by atoms with E-state index < -0.39 is 0 Å². The van der Waals surface area contributed by atoms with E-state index in [2.05, 4.69) is 74.2 Å². The van der Waals surface area contributed by atoms with Gasteiger partial charge in [0.2, 0.25) is 11.7 Å². The summed E-state index contributed by atoms with van der Waals surface area (Å²) >= 11 is 0. The predicted octanol–water partition coefficient (Wildman–Crippen LogP) is 5.25. The summed E-state index contributed by atoms with van der Waals surface area (Å²) in [5, 5.41) is 7.10. The molecule has 2 aromatic heterocycles. The molecule has 0 amide bonds. The van der Waals surface area contributed by atoms with Crippen molar-refractivity contribution in [2.75, 3.05) is 45.1 Å². The van der Waals surface area contributed by atoms with Gasteiger partial charge in [-0.3, -0.25) is 9.47 Å². The van der Waals surface area contributed by atoms with E-state index in [4.69, 9.17) is 19.2 Å². The van der Waals surface area contributed by atoms with Gasteiger partial charge in [0.05, 0.1) is 21.3 Å². The summed E-state index contributed by atoms with van der Waals surface area (Å²) in [7, 11) is 4.79. The second kappa shape index (κ2) is 11.8. The summed E-state index contributed by atoms with van der Waals surface area (Å²) in [6, 6.07) is 14.8. The lowest BCUT2D eigenvalue weighted by Crippen LogP contribution is -2.38. The Morgan fingerprint density at radius 3 is 2.26 bits per heavy atom. The molecule has 4 aromatic rings. The molecule has 0 bridgehead atoms. The standard InChI is InChI=1S/C29H37N7O3/c1-19(2)36-28-25(34-29(36)33-22-15-23(37-3)26(39-5)24(16-22)38-4)27(30-18-31-28)32-21-11-13-35(14-12-21)17-20-9-7-6-8-10-20/h6-10,15-16,18-19,21H,11-14,17H2,1-5H3,(H,33,34)(H,30,31,32). The number of nitrogens with zero attached hydrogens (tertiary/aromatic N) is 5. The third-order valence-corrected chi connectivity index (χ3v) is 7.09. The Morgan fingerprint density at radius 1 is 0.949 bits per heavy atom. The van der Waals surface area contributed by atoms with Crippen LogP contribution in [0.15, 0.2) is 48.8 Å². The minimum Gasteiger partial charge on any atom is -0.493 e. The Kier molecular flexibility index (Phi) is 8.02. The summed E-state index contributed by atoms with van der Waals surface area (Å²) in [5.41, 5.74) is 3.63. The largest absolute Gasteiger partial charge is 0.493 e. The van der Waals surface area contributed by atoms with Crippen molar-refractivity contribution in [1.29, 1.82) is 0 Å². The fraction of sp³-hybridized carbons (Fsp3) is 0.414. The number of hydrogen-bond donors (Lipinski definition) is 2. The van der Waals surface area contributed by atoms with E-state index >= 15 is 0 Å². The van der Waals surface area contributed by atoms with Crippen LogP contribution >= 0.6 is 0 Å². The molecule has 2 aromatic carbocycles. The second-order valence-electron chi connectivity index (χ2n) is 10.0. The van der Waals surface area contributed by atoms with Gasteiger partial charge in [-0.05, 0) is 32.3 Å². The molecule has 0 radical (unpaired) electrons. The van der Waals surface area contributed by atoms with Crippen molar-refractivity contribution in [2.24, 2.45) is 0 Å². The number of anilines is 3. The molecule has 39 heavy (non-hydrogen) atoms. The summed E-state index contributed by atoms with van der Waals surface area (Å²) in [4.78, 5) is 16.7. The monoisotopic (exact) mass is 531 g/mol. The van der Waals surface area contributed by atoms with Crippen molar-refractivity contribution in [3.8, 4) is 17.2 Å². The molecule has 0 spiro atoms. The molecule has 0 unspecified atom stereocenters. The van der Waals surface area contributed by atoms with Crippen molar-refractivity contribution in [2.45, 2.75) is 45.3 Å². The summed E-state index contributed by atoms with van der Waals surface area (Å²) in [6.45, 7) is 7.28. The molecular weight excluding hydrogens is 494 g/mol. The van der Waals surface area contributed by atoms with E-state index in [1.165, 1.54) is 5.56 Å². The van der Waals surface area contributed by atoms with Crippen molar-refractivity contribution >= 4 is 28.6 Å². The maximum absolute atomic E-state index is 5.53. The van der Waals surface area contributed by atoms with Crippen LogP contribution in [0.25, 0.3) is 11.2 Å². The number of rotatable bonds is 10. The highest BCUT2D eigenvalue weighted by molar-refractivity contribution is 5.86. The number of imidazole rings is 1. The van der Waals surface area contributed by atoms with E-state index in [0.717, 1.165) is 55.1 Å². The zero-order valence-electron chi connectivity index (χ0n) is 23.3. The first-order valence-electron chi connectivity index (χ1n) is 13.3. The zero-order valence-corrected chi connectivity index (χ0v) is 23.3. The van der Waals surface area contributed by atoms with E-state index in [1.807, 2.05) is 12.1 Å². The van der Waals surface area contributed by atoms with Gasteiger partial charge in [0.25, 0.3) is 0 Å². The van der Waals surface area contributed by atoms with Crippen LogP contribution in [0.5, 0.6) is 17.2 Å². The highest BCUT2D eigenvalue weighted by atomic mass is 16.5. The third kappa shape index (κ3) is 5.70. The molecule has 1 saturated heterocycles. The van der Waals surface area contributed by atoms with Crippen molar-refractivity contribution in [3.05, 3.63) is 54.4 Å². The number of hydrogen-bond acceptors (Lipinski definition) is 9. The summed E-state index contributed by atoms with van der Waals surface area (Å²) in [5.74, 6) is 3.08. The van der Waals surface area contributed by atoms with Gasteiger partial charge in [0, 0.05) is 49.5 Å².